The number of halogens is 1. The Morgan fingerprint density at radius 3 is 2.53 bits per heavy atom. The zero-order valence-electron chi connectivity index (χ0n) is 9.26. The van der Waals surface area contributed by atoms with Gasteiger partial charge in [0, 0.05) is 6.54 Å². The van der Waals surface area contributed by atoms with Crippen molar-refractivity contribution < 1.29 is 9.50 Å². The molecule has 1 atom stereocenters. The first-order chi connectivity index (χ1) is 7.04. The Morgan fingerprint density at radius 1 is 1.33 bits per heavy atom. The maximum absolute atomic E-state index is 13.5. The Labute approximate surface area is 89.9 Å². The van der Waals surface area contributed by atoms with E-state index in [9.17, 15) is 9.50 Å². The Balaban J connectivity index is 2.73. The number of aliphatic hydroxyl groups is 1. The van der Waals surface area contributed by atoms with Gasteiger partial charge < -0.3 is 10.8 Å². The second-order valence-electron chi connectivity index (χ2n) is 3.96. The van der Waals surface area contributed by atoms with Crippen LogP contribution in [0.3, 0.4) is 0 Å². The second kappa shape index (κ2) is 5.24. The number of aliphatic hydroxyl groups excluding tert-OH is 1. The van der Waals surface area contributed by atoms with E-state index in [2.05, 4.69) is 0 Å². The van der Waals surface area contributed by atoms with Gasteiger partial charge in [0.2, 0.25) is 0 Å². The molecule has 0 spiro atoms. The van der Waals surface area contributed by atoms with Crippen LogP contribution in [0, 0.1) is 19.7 Å². The largest absolute Gasteiger partial charge is 0.392 e. The third kappa shape index (κ3) is 3.29. The summed E-state index contributed by atoms with van der Waals surface area (Å²) in [6, 6.07) is 3.38. The highest BCUT2D eigenvalue weighted by Crippen LogP contribution is 2.16. The zero-order valence-corrected chi connectivity index (χ0v) is 9.26. The predicted octanol–water partition coefficient (Wildman–Crippen LogP) is 1.69. The highest BCUT2D eigenvalue weighted by molar-refractivity contribution is 5.31. The van der Waals surface area contributed by atoms with E-state index >= 15 is 0 Å². The van der Waals surface area contributed by atoms with Crippen LogP contribution in [0.4, 0.5) is 4.39 Å². The van der Waals surface area contributed by atoms with Crippen LogP contribution in [0.5, 0.6) is 0 Å². The topological polar surface area (TPSA) is 46.2 Å². The Kier molecular flexibility index (Phi) is 4.24. The molecule has 0 saturated heterocycles. The maximum Gasteiger partial charge on any atom is 0.126 e. The smallest absolute Gasteiger partial charge is 0.126 e. The van der Waals surface area contributed by atoms with Crippen molar-refractivity contribution in [1.29, 1.82) is 0 Å². The monoisotopic (exact) mass is 211 g/mol. The molecule has 2 nitrogen and oxygen atoms in total. The Morgan fingerprint density at radius 2 is 1.93 bits per heavy atom. The lowest BCUT2D eigenvalue weighted by Crippen LogP contribution is -2.20. The Hall–Kier alpha value is -0.930. The van der Waals surface area contributed by atoms with Crippen LogP contribution in [0.25, 0.3) is 0 Å². The van der Waals surface area contributed by atoms with Crippen molar-refractivity contribution in [2.45, 2.75) is 32.8 Å². The van der Waals surface area contributed by atoms with E-state index in [1.165, 1.54) is 0 Å². The van der Waals surface area contributed by atoms with Gasteiger partial charge in [0.1, 0.15) is 5.82 Å². The van der Waals surface area contributed by atoms with E-state index in [0.29, 0.717) is 18.4 Å². The average molecular weight is 211 g/mol. The molecule has 3 heteroatoms. The van der Waals surface area contributed by atoms with E-state index < -0.39 is 6.10 Å². The first kappa shape index (κ1) is 12.1. The third-order valence-corrected chi connectivity index (χ3v) is 2.68. The summed E-state index contributed by atoms with van der Waals surface area (Å²) in [5, 5.41) is 9.29. The molecule has 0 saturated carbocycles. The number of hydrogen-bond donors (Lipinski definition) is 2. The van der Waals surface area contributed by atoms with Crippen LogP contribution in [0.1, 0.15) is 23.1 Å². The summed E-state index contributed by atoms with van der Waals surface area (Å²) in [6.45, 7) is 4.07. The summed E-state index contributed by atoms with van der Waals surface area (Å²) in [6.07, 6.45) is 0.507. The van der Waals surface area contributed by atoms with Gasteiger partial charge in [-0.3, -0.25) is 0 Å². The fraction of sp³-hybridized carbons (Fsp3) is 0.500. The molecule has 15 heavy (non-hydrogen) atoms. The molecular weight excluding hydrogens is 193 g/mol. The van der Waals surface area contributed by atoms with E-state index in [0.717, 1.165) is 11.1 Å². The van der Waals surface area contributed by atoms with E-state index in [1.54, 1.807) is 6.07 Å². The van der Waals surface area contributed by atoms with E-state index in [4.69, 9.17) is 5.73 Å². The van der Waals surface area contributed by atoms with Crippen molar-refractivity contribution in [2.75, 3.05) is 6.54 Å². The van der Waals surface area contributed by atoms with Crippen molar-refractivity contribution >= 4 is 0 Å². The normalized spacial score (nSPS) is 12.9. The molecular formula is C12H18FNO. The molecule has 0 aliphatic carbocycles. The van der Waals surface area contributed by atoms with Crippen molar-refractivity contribution in [1.82, 2.24) is 0 Å². The number of nitrogens with two attached hydrogens (primary N) is 1. The molecule has 1 unspecified atom stereocenters. The SMILES string of the molecule is Cc1cc(F)c(CCC(O)CN)cc1C. The van der Waals surface area contributed by atoms with Gasteiger partial charge in [0.15, 0.2) is 0 Å². The number of hydrogen-bond acceptors (Lipinski definition) is 2. The minimum Gasteiger partial charge on any atom is -0.392 e. The van der Waals surface area contributed by atoms with E-state index in [1.807, 2.05) is 19.9 Å². The lowest BCUT2D eigenvalue weighted by atomic mass is 10.0. The van der Waals surface area contributed by atoms with Crippen molar-refractivity contribution in [2.24, 2.45) is 5.73 Å². The highest BCUT2D eigenvalue weighted by Gasteiger charge is 2.07. The van der Waals surface area contributed by atoms with Crippen molar-refractivity contribution in [3.8, 4) is 0 Å². The summed E-state index contributed by atoms with van der Waals surface area (Å²) in [5.74, 6) is -0.192. The molecule has 0 aromatic heterocycles. The van der Waals surface area contributed by atoms with Crippen LogP contribution in [0.15, 0.2) is 12.1 Å². The fourth-order valence-electron chi connectivity index (χ4n) is 1.47. The van der Waals surface area contributed by atoms with Gasteiger partial charge in [-0.05, 0) is 49.4 Å². The van der Waals surface area contributed by atoms with E-state index in [-0.39, 0.29) is 12.4 Å². The van der Waals surface area contributed by atoms with Crippen LogP contribution in [0.2, 0.25) is 0 Å². The van der Waals surface area contributed by atoms with Crippen molar-refractivity contribution in [3.05, 3.63) is 34.6 Å². The summed E-state index contributed by atoms with van der Waals surface area (Å²) in [5.41, 5.74) is 7.97. The fourth-order valence-corrected chi connectivity index (χ4v) is 1.47. The lowest BCUT2D eigenvalue weighted by molar-refractivity contribution is 0.173. The van der Waals surface area contributed by atoms with Gasteiger partial charge >= 0.3 is 0 Å². The zero-order chi connectivity index (χ0) is 11.4. The van der Waals surface area contributed by atoms with Gasteiger partial charge in [-0.1, -0.05) is 6.07 Å². The molecule has 0 fully saturated rings. The minimum atomic E-state index is -0.536. The summed E-state index contributed by atoms with van der Waals surface area (Å²) in [4.78, 5) is 0. The number of benzene rings is 1. The predicted molar refractivity (Wildman–Crippen MR) is 59.3 cm³/mol. The average Bonchev–Trinajstić information content (AvgIpc) is 2.21. The molecule has 1 aromatic carbocycles. The molecule has 0 radical (unpaired) electrons. The summed E-state index contributed by atoms with van der Waals surface area (Å²) >= 11 is 0. The maximum atomic E-state index is 13.5. The molecule has 0 bridgehead atoms. The summed E-state index contributed by atoms with van der Waals surface area (Å²) < 4.78 is 13.5. The van der Waals surface area contributed by atoms with Crippen LogP contribution in [-0.4, -0.2) is 17.8 Å². The van der Waals surface area contributed by atoms with Crippen LogP contribution < -0.4 is 5.73 Å². The standard InChI is InChI=1S/C12H18FNO/c1-8-5-10(3-4-11(15)7-14)12(13)6-9(8)2/h5-6,11,15H,3-4,7,14H2,1-2H3. The molecule has 0 amide bonds. The Bertz CT molecular complexity index is 339. The lowest BCUT2D eigenvalue weighted by Gasteiger charge is -2.10. The van der Waals surface area contributed by atoms with Crippen LogP contribution in [-0.2, 0) is 6.42 Å². The molecule has 0 aliphatic heterocycles. The van der Waals surface area contributed by atoms with Crippen molar-refractivity contribution in [3.63, 3.8) is 0 Å². The van der Waals surface area contributed by atoms with Gasteiger partial charge in [-0.25, -0.2) is 4.39 Å². The van der Waals surface area contributed by atoms with Gasteiger partial charge in [0.05, 0.1) is 6.10 Å². The number of aryl methyl sites for hydroxylation is 3. The first-order valence-corrected chi connectivity index (χ1v) is 5.18. The molecule has 0 heterocycles. The van der Waals surface area contributed by atoms with Gasteiger partial charge in [-0.2, -0.15) is 0 Å². The second-order valence-corrected chi connectivity index (χ2v) is 3.96. The first-order valence-electron chi connectivity index (χ1n) is 5.18. The molecule has 1 aromatic rings. The quantitative estimate of drug-likeness (QED) is 0.796. The highest BCUT2D eigenvalue weighted by atomic mass is 19.1. The molecule has 3 N–H and O–H groups in total. The summed E-state index contributed by atoms with van der Waals surface area (Å²) in [7, 11) is 0. The molecule has 0 aliphatic rings. The van der Waals surface area contributed by atoms with Gasteiger partial charge in [-0.15, -0.1) is 0 Å². The minimum absolute atomic E-state index is 0.192. The van der Waals surface area contributed by atoms with Crippen LogP contribution >= 0.6 is 0 Å². The number of rotatable bonds is 4. The van der Waals surface area contributed by atoms with Gasteiger partial charge in [0.25, 0.3) is 0 Å². The molecule has 1 rings (SSSR count). The molecule has 84 valence electrons. The third-order valence-electron chi connectivity index (χ3n) is 2.68.